The molecule has 0 radical (unpaired) electrons. The predicted molar refractivity (Wildman–Crippen MR) is 109 cm³/mol. The Morgan fingerprint density at radius 1 is 0.966 bits per heavy atom. The Hall–Kier alpha value is -3.41. The molecule has 0 saturated carbocycles. The highest BCUT2D eigenvalue weighted by atomic mass is 16.7. The minimum Gasteiger partial charge on any atom is -0.494 e. The molecule has 2 aromatic carbocycles. The normalized spacial score (nSPS) is 12.1. The highest BCUT2D eigenvalue weighted by Gasteiger charge is 2.19. The van der Waals surface area contributed by atoms with Crippen LogP contribution in [0.5, 0.6) is 23.0 Å². The number of Topliss-reactive ketones (excluding diaryl/α,β-unsaturated/α-hetero) is 1. The molecule has 0 N–H and O–H groups in total. The number of aromatic nitrogens is 1. The molecule has 4 rings (SSSR count). The summed E-state index contributed by atoms with van der Waals surface area (Å²) in [5.41, 5.74) is 3.40. The molecule has 1 aliphatic heterocycles. The maximum absolute atomic E-state index is 12.8. The van der Waals surface area contributed by atoms with E-state index in [0.717, 1.165) is 28.6 Å². The van der Waals surface area contributed by atoms with E-state index < -0.39 is 0 Å². The summed E-state index contributed by atoms with van der Waals surface area (Å²) in [6, 6.07) is 14.9. The van der Waals surface area contributed by atoms with Crippen molar-refractivity contribution in [1.29, 1.82) is 0 Å². The van der Waals surface area contributed by atoms with Crippen molar-refractivity contribution in [3.63, 3.8) is 0 Å². The van der Waals surface area contributed by atoms with Gasteiger partial charge >= 0.3 is 0 Å². The van der Waals surface area contributed by atoms with Crippen LogP contribution in [0.4, 0.5) is 0 Å². The highest BCUT2D eigenvalue weighted by Crippen LogP contribution is 2.35. The molecule has 0 spiro atoms. The summed E-state index contributed by atoms with van der Waals surface area (Å²) in [6.07, 6.45) is 0. The molecular formula is C23H23NO5. The van der Waals surface area contributed by atoms with Crippen LogP contribution in [0, 0.1) is 13.8 Å². The van der Waals surface area contributed by atoms with Crippen LogP contribution in [0.3, 0.4) is 0 Å². The fourth-order valence-electron chi connectivity index (χ4n) is 3.49. The standard InChI is InChI=1S/C23H23NO5/c1-4-26-18-6-8-19(9-7-18)27-13-21(25)20-11-15(2)24(16(20)3)17-5-10-22-23(12-17)29-14-28-22/h5-12H,4,13-14H2,1-3H3. The van der Waals surface area contributed by atoms with E-state index in [1.807, 2.05) is 61.7 Å². The van der Waals surface area contributed by atoms with E-state index >= 15 is 0 Å². The SMILES string of the molecule is CCOc1ccc(OCC(=O)c2cc(C)n(-c3ccc4c(c3)OCO4)c2C)cc1. The third kappa shape index (κ3) is 3.78. The molecule has 29 heavy (non-hydrogen) atoms. The molecule has 0 unspecified atom stereocenters. The average molecular weight is 393 g/mol. The third-order valence-electron chi connectivity index (χ3n) is 4.85. The Bertz CT molecular complexity index is 1040. The lowest BCUT2D eigenvalue weighted by atomic mass is 10.1. The lowest BCUT2D eigenvalue weighted by molar-refractivity contribution is 0.0921. The minimum atomic E-state index is -0.0704. The number of rotatable bonds is 7. The number of nitrogens with zero attached hydrogens (tertiary/aromatic N) is 1. The summed E-state index contributed by atoms with van der Waals surface area (Å²) >= 11 is 0. The van der Waals surface area contributed by atoms with Crippen LogP contribution in [0.25, 0.3) is 5.69 Å². The van der Waals surface area contributed by atoms with Gasteiger partial charge in [0, 0.05) is 28.7 Å². The molecule has 0 fully saturated rings. The Balaban J connectivity index is 1.50. The van der Waals surface area contributed by atoms with Crippen molar-refractivity contribution in [2.75, 3.05) is 20.0 Å². The van der Waals surface area contributed by atoms with Crippen molar-refractivity contribution in [3.8, 4) is 28.7 Å². The van der Waals surface area contributed by atoms with E-state index in [-0.39, 0.29) is 19.2 Å². The van der Waals surface area contributed by atoms with Crippen molar-refractivity contribution in [1.82, 2.24) is 4.57 Å². The zero-order valence-corrected chi connectivity index (χ0v) is 16.7. The average Bonchev–Trinajstić information content (AvgIpc) is 3.30. The van der Waals surface area contributed by atoms with E-state index in [9.17, 15) is 4.79 Å². The molecular weight excluding hydrogens is 370 g/mol. The van der Waals surface area contributed by atoms with Gasteiger partial charge in [-0.3, -0.25) is 4.79 Å². The van der Waals surface area contributed by atoms with Crippen molar-refractivity contribution in [2.24, 2.45) is 0 Å². The summed E-state index contributed by atoms with van der Waals surface area (Å²) in [7, 11) is 0. The summed E-state index contributed by atoms with van der Waals surface area (Å²) in [4.78, 5) is 12.8. The number of hydrogen-bond acceptors (Lipinski definition) is 5. The second kappa shape index (κ2) is 7.91. The molecule has 6 heteroatoms. The molecule has 6 nitrogen and oxygen atoms in total. The first kappa shape index (κ1) is 18.9. The first-order valence-corrected chi connectivity index (χ1v) is 9.54. The van der Waals surface area contributed by atoms with Crippen molar-refractivity contribution in [3.05, 3.63) is 65.5 Å². The third-order valence-corrected chi connectivity index (χ3v) is 4.85. The van der Waals surface area contributed by atoms with Gasteiger partial charge in [-0.15, -0.1) is 0 Å². The first-order valence-electron chi connectivity index (χ1n) is 9.54. The van der Waals surface area contributed by atoms with Crippen molar-refractivity contribution >= 4 is 5.78 Å². The van der Waals surface area contributed by atoms with E-state index in [2.05, 4.69) is 0 Å². The lowest BCUT2D eigenvalue weighted by Crippen LogP contribution is -2.12. The fourth-order valence-corrected chi connectivity index (χ4v) is 3.49. The van der Waals surface area contributed by atoms with E-state index in [4.69, 9.17) is 18.9 Å². The van der Waals surface area contributed by atoms with Crippen LogP contribution in [0.15, 0.2) is 48.5 Å². The first-order chi connectivity index (χ1) is 14.1. The summed E-state index contributed by atoms with van der Waals surface area (Å²) in [5, 5.41) is 0. The molecule has 1 aromatic heterocycles. The molecule has 2 heterocycles. The molecule has 3 aromatic rings. The molecule has 0 atom stereocenters. The topological polar surface area (TPSA) is 58.9 Å². The number of hydrogen-bond donors (Lipinski definition) is 0. The van der Waals surface area contributed by atoms with E-state index in [0.29, 0.717) is 23.7 Å². The van der Waals surface area contributed by atoms with Crippen LogP contribution in [-0.4, -0.2) is 30.4 Å². The number of benzene rings is 2. The number of ketones is 1. The summed E-state index contributed by atoms with van der Waals surface area (Å²) in [5.74, 6) is 2.78. The second-order valence-electron chi connectivity index (χ2n) is 6.77. The van der Waals surface area contributed by atoms with Crippen LogP contribution < -0.4 is 18.9 Å². The van der Waals surface area contributed by atoms with Gasteiger partial charge < -0.3 is 23.5 Å². The largest absolute Gasteiger partial charge is 0.494 e. The second-order valence-corrected chi connectivity index (χ2v) is 6.77. The van der Waals surface area contributed by atoms with E-state index in [1.165, 1.54) is 0 Å². The van der Waals surface area contributed by atoms with Gasteiger partial charge in [0.1, 0.15) is 11.5 Å². The smallest absolute Gasteiger partial charge is 0.231 e. The van der Waals surface area contributed by atoms with Crippen LogP contribution >= 0.6 is 0 Å². The molecule has 150 valence electrons. The van der Waals surface area contributed by atoms with Gasteiger partial charge in [-0.25, -0.2) is 0 Å². The monoisotopic (exact) mass is 393 g/mol. The van der Waals surface area contributed by atoms with Crippen molar-refractivity contribution < 1.29 is 23.7 Å². The molecule has 1 aliphatic rings. The highest BCUT2D eigenvalue weighted by molar-refractivity contribution is 5.98. The number of ether oxygens (including phenoxy) is 4. The number of carbonyl (C=O) groups is 1. The van der Waals surface area contributed by atoms with Crippen molar-refractivity contribution in [2.45, 2.75) is 20.8 Å². The summed E-state index contributed by atoms with van der Waals surface area (Å²) < 4.78 is 24.0. The lowest BCUT2D eigenvalue weighted by Gasteiger charge is -2.11. The van der Waals surface area contributed by atoms with Gasteiger partial charge in [-0.2, -0.15) is 0 Å². The maximum Gasteiger partial charge on any atom is 0.231 e. The molecule has 0 aliphatic carbocycles. The molecule has 0 saturated heterocycles. The van der Waals surface area contributed by atoms with Gasteiger partial charge in [0.05, 0.1) is 6.61 Å². The molecule has 0 amide bonds. The minimum absolute atomic E-state index is 0.0284. The van der Waals surface area contributed by atoms with Crippen LogP contribution in [0.1, 0.15) is 28.7 Å². The van der Waals surface area contributed by atoms with Gasteiger partial charge in [0.15, 0.2) is 18.1 Å². The zero-order chi connectivity index (χ0) is 20.4. The number of carbonyl (C=O) groups excluding carboxylic acids is 1. The van der Waals surface area contributed by atoms with Crippen LogP contribution in [-0.2, 0) is 0 Å². The molecule has 0 bridgehead atoms. The summed E-state index contributed by atoms with van der Waals surface area (Å²) in [6.45, 7) is 6.65. The number of aryl methyl sites for hydroxylation is 1. The van der Waals surface area contributed by atoms with Gasteiger partial charge in [-0.1, -0.05) is 0 Å². The van der Waals surface area contributed by atoms with E-state index in [1.54, 1.807) is 12.1 Å². The Kier molecular flexibility index (Phi) is 5.16. The van der Waals surface area contributed by atoms with Gasteiger partial charge in [-0.05, 0) is 63.2 Å². The van der Waals surface area contributed by atoms with Crippen LogP contribution in [0.2, 0.25) is 0 Å². The maximum atomic E-state index is 12.8. The van der Waals surface area contributed by atoms with Gasteiger partial charge in [0.25, 0.3) is 0 Å². The Morgan fingerprint density at radius 2 is 1.66 bits per heavy atom. The fraction of sp³-hybridized carbons (Fsp3) is 0.261. The Morgan fingerprint density at radius 3 is 2.38 bits per heavy atom. The Labute approximate surface area is 169 Å². The zero-order valence-electron chi connectivity index (χ0n) is 16.7. The quantitative estimate of drug-likeness (QED) is 0.554. The number of fused-ring (bicyclic) bond motifs is 1. The van der Waals surface area contributed by atoms with Gasteiger partial charge in [0.2, 0.25) is 12.6 Å². The predicted octanol–water partition coefficient (Wildman–Crippen LogP) is 4.48.